The maximum atomic E-state index is 7.25. The van der Waals surface area contributed by atoms with Crippen molar-refractivity contribution in [1.29, 1.82) is 5.41 Å². The fourth-order valence-electron chi connectivity index (χ4n) is 1.29. The van der Waals surface area contributed by atoms with Crippen LogP contribution in [0.3, 0.4) is 0 Å². The average molecular weight is 285 g/mol. The van der Waals surface area contributed by atoms with Crippen molar-refractivity contribution in [2.45, 2.75) is 19.3 Å². The van der Waals surface area contributed by atoms with Crippen molar-refractivity contribution >= 4 is 21.8 Å². The Kier molecular flexibility index (Phi) is 5.93. The predicted molar refractivity (Wildman–Crippen MR) is 70.6 cm³/mol. The van der Waals surface area contributed by atoms with Gasteiger partial charge in [-0.3, -0.25) is 5.41 Å². The second-order valence-corrected chi connectivity index (χ2v) is 4.33. The van der Waals surface area contributed by atoms with Crippen LogP contribution in [0.5, 0.6) is 5.75 Å². The molecule has 0 aliphatic carbocycles. The van der Waals surface area contributed by atoms with E-state index >= 15 is 0 Å². The average Bonchev–Trinajstić information content (AvgIpc) is 2.29. The van der Waals surface area contributed by atoms with Crippen LogP contribution in [0.1, 0.15) is 24.8 Å². The van der Waals surface area contributed by atoms with Crippen LogP contribution in [0.2, 0.25) is 0 Å². The minimum absolute atomic E-state index is 0.0869. The molecular formula is C12H17BrN2O. The fourth-order valence-corrected chi connectivity index (χ4v) is 1.69. The first-order valence-corrected chi connectivity index (χ1v) is 6.49. The topological polar surface area (TPSA) is 59.1 Å². The summed E-state index contributed by atoms with van der Waals surface area (Å²) < 4.78 is 5.56. The molecule has 0 heterocycles. The summed E-state index contributed by atoms with van der Waals surface area (Å²) in [6.07, 6.45) is 3.43. The Morgan fingerprint density at radius 2 is 1.88 bits per heavy atom. The largest absolute Gasteiger partial charge is 0.494 e. The first kappa shape index (κ1) is 13.0. The summed E-state index contributed by atoms with van der Waals surface area (Å²) in [5.74, 6) is 0.924. The summed E-state index contributed by atoms with van der Waals surface area (Å²) in [4.78, 5) is 0. The van der Waals surface area contributed by atoms with Gasteiger partial charge in [0.15, 0.2) is 0 Å². The summed E-state index contributed by atoms with van der Waals surface area (Å²) in [6.45, 7) is 0.742. The Balaban J connectivity index is 2.29. The first-order valence-electron chi connectivity index (χ1n) is 5.37. The van der Waals surface area contributed by atoms with E-state index in [-0.39, 0.29) is 5.84 Å². The van der Waals surface area contributed by atoms with E-state index in [0.29, 0.717) is 0 Å². The normalized spacial score (nSPS) is 10.1. The van der Waals surface area contributed by atoms with E-state index < -0.39 is 0 Å². The van der Waals surface area contributed by atoms with Gasteiger partial charge in [-0.1, -0.05) is 15.9 Å². The molecule has 0 amide bonds. The second kappa shape index (κ2) is 7.28. The lowest BCUT2D eigenvalue weighted by Gasteiger charge is -2.06. The third-order valence-electron chi connectivity index (χ3n) is 2.21. The summed E-state index contributed by atoms with van der Waals surface area (Å²) in [5, 5.41) is 8.31. The smallest absolute Gasteiger partial charge is 0.122 e. The highest BCUT2D eigenvalue weighted by molar-refractivity contribution is 9.09. The fraction of sp³-hybridized carbons (Fsp3) is 0.417. The SMILES string of the molecule is N=C(N)c1ccc(OCCCCCBr)cc1. The summed E-state index contributed by atoms with van der Waals surface area (Å²) >= 11 is 3.40. The summed E-state index contributed by atoms with van der Waals surface area (Å²) in [6, 6.07) is 7.30. The molecule has 0 fully saturated rings. The second-order valence-electron chi connectivity index (χ2n) is 3.54. The van der Waals surface area contributed by atoms with Crippen LogP contribution in [-0.4, -0.2) is 17.8 Å². The van der Waals surface area contributed by atoms with E-state index in [4.69, 9.17) is 15.9 Å². The maximum Gasteiger partial charge on any atom is 0.122 e. The predicted octanol–water partition coefficient (Wildman–Crippen LogP) is 2.91. The van der Waals surface area contributed by atoms with Gasteiger partial charge in [-0.05, 0) is 43.5 Å². The third kappa shape index (κ3) is 4.66. The maximum absolute atomic E-state index is 7.25. The van der Waals surface area contributed by atoms with Gasteiger partial charge in [-0.2, -0.15) is 0 Å². The highest BCUT2D eigenvalue weighted by Crippen LogP contribution is 2.12. The Hall–Kier alpha value is -1.03. The molecule has 0 bridgehead atoms. The number of hydrogen-bond donors (Lipinski definition) is 2. The quantitative estimate of drug-likeness (QED) is 0.350. The Labute approximate surface area is 105 Å². The summed E-state index contributed by atoms with van der Waals surface area (Å²) in [7, 11) is 0. The van der Waals surface area contributed by atoms with Crippen LogP contribution < -0.4 is 10.5 Å². The van der Waals surface area contributed by atoms with Gasteiger partial charge in [0.2, 0.25) is 0 Å². The van der Waals surface area contributed by atoms with Gasteiger partial charge in [0, 0.05) is 10.9 Å². The van der Waals surface area contributed by atoms with Crippen molar-refractivity contribution in [3.05, 3.63) is 29.8 Å². The molecule has 4 heteroatoms. The number of nitrogen functional groups attached to an aromatic ring is 1. The number of ether oxygens (including phenoxy) is 1. The zero-order valence-corrected chi connectivity index (χ0v) is 10.8. The highest BCUT2D eigenvalue weighted by atomic mass is 79.9. The number of rotatable bonds is 7. The molecule has 3 nitrogen and oxygen atoms in total. The Morgan fingerprint density at radius 3 is 2.44 bits per heavy atom. The Bertz CT molecular complexity index is 324. The molecule has 88 valence electrons. The van der Waals surface area contributed by atoms with E-state index in [1.165, 1.54) is 12.8 Å². The van der Waals surface area contributed by atoms with Crippen molar-refractivity contribution < 1.29 is 4.74 Å². The lowest BCUT2D eigenvalue weighted by Crippen LogP contribution is -2.10. The molecule has 0 aliphatic heterocycles. The molecule has 0 spiro atoms. The highest BCUT2D eigenvalue weighted by Gasteiger charge is 1.97. The monoisotopic (exact) mass is 284 g/mol. The number of unbranched alkanes of at least 4 members (excludes halogenated alkanes) is 2. The van der Waals surface area contributed by atoms with Crippen molar-refractivity contribution in [2.75, 3.05) is 11.9 Å². The molecule has 0 radical (unpaired) electrons. The van der Waals surface area contributed by atoms with Crippen LogP contribution >= 0.6 is 15.9 Å². The lowest BCUT2D eigenvalue weighted by molar-refractivity contribution is 0.306. The molecule has 0 aliphatic rings. The van der Waals surface area contributed by atoms with Crippen molar-refractivity contribution in [3.8, 4) is 5.75 Å². The van der Waals surface area contributed by atoms with E-state index in [2.05, 4.69) is 15.9 Å². The van der Waals surface area contributed by atoms with Gasteiger partial charge in [0.1, 0.15) is 11.6 Å². The summed E-state index contributed by atoms with van der Waals surface area (Å²) in [5.41, 5.74) is 6.09. The third-order valence-corrected chi connectivity index (χ3v) is 2.77. The Morgan fingerprint density at radius 1 is 1.19 bits per heavy atom. The van der Waals surface area contributed by atoms with Crippen LogP contribution in [0, 0.1) is 5.41 Å². The van der Waals surface area contributed by atoms with E-state index in [9.17, 15) is 0 Å². The number of alkyl halides is 1. The molecule has 16 heavy (non-hydrogen) atoms. The first-order chi connectivity index (χ1) is 7.74. The van der Waals surface area contributed by atoms with E-state index in [0.717, 1.165) is 29.7 Å². The van der Waals surface area contributed by atoms with Crippen molar-refractivity contribution in [3.63, 3.8) is 0 Å². The van der Waals surface area contributed by atoms with Gasteiger partial charge in [0.25, 0.3) is 0 Å². The zero-order valence-electron chi connectivity index (χ0n) is 9.21. The number of nitrogens with two attached hydrogens (primary N) is 1. The van der Waals surface area contributed by atoms with Crippen LogP contribution in [0.25, 0.3) is 0 Å². The molecule has 3 N–H and O–H groups in total. The number of nitrogens with one attached hydrogen (secondary N) is 1. The molecule has 1 aromatic rings. The molecule has 0 aromatic heterocycles. The number of amidine groups is 1. The number of benzene rings is 1. The van der Waals surface area contributed by atoms with Gasteiger partial charge < -0.3 is 10.5 Å². The number of halogens is 1. The number of hydrogen-bond acceptors (Lipinski definition) is 2. The van der Waals surface area contributed by atoms with Gasteiger partial charge in [0.05, 0.1) is 6.61 Å². The minimum Gasteiger partial charge on any atom is -0.494 e. The van der Waals surface area contributed by atoms with Crippen molar-refractivity contribution in [2.24, 2.45) is 5.73 Å². The molecule has 1 aromatic carbocycles. The van der Waals surface area contributed by atoms with Crippen LogP contribution in [-0.2, 0) is 0 Å². The standard InChI is InChI=1S/C12H17BrN2O/c13-8-2-1-3-9-16-11-6-4-10(5-7-11)12(14)15/h4-7H,1-3,8-9H2,(H3,14,15). The zero-order chi connectivity index (χ0) is 11.8. The van der Waals surface area contributed by atoms with Gasteiger partial charge in [-0.25, -0.2) is 0 Å². The van der Waals surface area contributed by atoms with Gasteiger partial charge >= 0.3 is 0 Å². The molecule has 0 saturated carbocycles. The minimum atomic E-state index is 0.0869. The molecule has 1 rings (SSSR count). The molecule has 0 saturated heterocycles. The van der Waals surface area contributed by atoms with Crippen molar-refractivity contribution in [1.82, 2.24) is 0 Å². The van der Waals surface area contributed by atoms with E-state index in [1.807, 2.05) is 12.1 Å². The molecule has 0 unspecified atom stereocenters. The van der Waals surface area contributed by atoms with Crippen LogP contribution in [0.15, 0.2) is 24.3 Å². The molecular weight excluding hydrogens is 268 g/mol. The van der Waals surface area contributed by atoms with Gasteiger partial charge in [-0.15, -0.1) is 0 Å². The van der Waals surface area contributed by atoms with E-state index in [1.54, 1.807) is 12.1 Å². The van der Waals surface area contributed by atoms with Crippen LogP contribution in [0.4, 0.5) is 0 Å². The lowest BCUT2D eigenvalue weighted by atomic mass is 10.2. The molecule has 0 atom stereocenters.